The van der Waals surface area contributed by atoms with E-state index in [9.17, 15) is 9.90 Å². The molecule has 15 heavy (non-hydrogen) atoms. The van der Waals surface area contributed by atoms with Crippen molar-refractivity contribution in [1.82, 2.24) is 0 Å². The van der Waals surface area contributed by atoms with Crippen LogP contribution in [0.5, 0.6) is 0 Å². The first kappa shape index (κ1) is 12.8. The molecule has 0 aromatic rings. The monoisotopic (exact) mass is 232 g/mol. The molecule has 88 valence electrons. The summed E-state index contributed by atoms with van der Waals surface area (Å²) in [4.78, 5) is 11.3. The number of carboxylic acids is 1. The molecule has 0 saturated carbocycles. The highest BCUT2D eigenvalue weighted by molar-refractivity contribution is 8.01. The average molecular weight is 232 g/mol. The van der Waals surface area contributed by atoms with Gasteiger partial charge >= 0.3 is 5.97 Å². The van der Waals surface area contributed by atoms with Gasteiger partial charge in [0.25, 0.3) is 0 Å². The minimum atomic E-state index is -0.656. The number of ether oxygens (including phenoxy) is 1. The van der Waals surface area contributed by atoms with Gasteiger partial charge in [-0.15, -0.1) is 11.8 Å². The van der Waals surface area contributed by atoms with Crippen LogP contribution in [0.3, 0.4) is 0 Å². The molecular weight excluding hydrogens is 212 g/mol. The van der Waals surface area contributed by atoms with Gasteiger partial charge in [-0.05, 0) is 45.3 Å². The summed E-state index contributed by atoms with van der Waals surface area (Å²) in [7, 11) is 1.68. The summed E-state index contributed by atoms with van der Waals surface area (Å²) in [5.41, 5.74) is -0.217. The SMILES string of the molecule is COC(C)(C)CCC1(C(=O)O)CCCS1. The van der Waals surface area contributed by atoms with E-state index in [4.69, 9.17) is 4.74 Å². The van der Waals surface area contributed by atoms with E-state index < -0.39 is 10.7 Å². The van der Waals surface area contributed by atoms with Crippen LogP contribution in [0.1, 0.15) is 39.5 Å². The number of carbonyl (C=O) groups is 1. The molecule has 0 aliphatic carbocycles. The quantitative estimate of drug-likeness (QED) is 0.791. The second-order valence-corrected chi connectivity index (χ2v) is 6.19. The fraction of sp³-hybridized carbons (Fsp3) is 0.909. The third kappa shape index (κ3) is 3.11. The number of thioether (sulfide) groups is 1. The molecule has 1 N–H and O–H groups in total. The Balaban J connectivity index is 2.57. The highest BCUT2D eigenvalue weighted by Gasteiger charge is 2.42. The number of aliphatic carboxylic acids is 1. The molecule has 1 heterocycles. The number of methoxy groups -OCH3 is 1. The smallest absolute Gasteiger partial charge is 0.319 e. The molecule has 0 aromatic heterocycles. The van der Waals surface area contributed by atoms with Crippen LogP contribution in [0.15, 0.2) is 0 Å². The van der Waals surface area contributed by atoms with E-state index in [1.165, 1.54) is 0 Å². The first-order valence-corrected chi connectivity index (χ1v) is 6.33. The van der Waals surface area contributed by atoms with E-state index in [0.717, 1.165) is 25.0 Å². The van der Waals surface area contributed by atoms with Crippen LogP contribution in [0, 0.1) is 0 Å². The molecule has 3 nitrogen and oxygen atoms in total. The number of rotatable bonds is 5. The van der Waals surface area contributed by atoms with Crippen molar-refractivity contribution in [3.63, 3.8) is 0 Å². The fourth-order valence-electron chi connectivity index (χ4n) is 1.78. The van der Waals surface area contributed by atoms with Crippen LogP contribution in [0.2, 0.25) is 0 Å². The maximum Gasteiger partial charge on any atom is 0.319 e. The van der Waals surface area contributed by atoms with E-state index in [-0.39, 0.29) is 5.60 Å². The van der Waals surface area contributed by atoms with Crippen LogP contribution in [0.25, 0.3) is 0 Å². The third-order valence-corrected chi connectivity index (χ3v) is 4.80. The lowest BCUT2D eigenvalue weighted by Crippen LogP contribution is -2.35. The predicted octanol–water partition coefficient (Wildman–Crippen LogP) is 2.54. The molecule has 1 aliphatic rings. The van der Waals surface area contributed by atoms with Gasteiger partial charge in [-0.3, -0.25) is 4.79 Å². The minimum absolute atomic E-state index is 0.217. The summed E-state index contributed by atoms with van der Waals surface area (Å²) in [6, 6.07) is 0. The van der Waals surface area contributed by atoms with Crippen molar-refractivity contribution >= 4 is 17.7 Å². The van der Waals surface area contributed by atoms with E-state index >= 15 is 0 Å². The van der Waals surface area contributed by atoms with Crippen LogP contribution in [0.4, 0.5) is 0 Å². The molecule has 0 amide bonds. The largest absolute Gasteiger partial charge is 0.480 e. The van der Waals surface area contributed by atoms with Crippen LogP contribution < -0.4 is 0 Å². The standard InChI is InChI=1S/C11H20O3S/c1-10(2,14-3)6-7-11(9(12)13)5-4-8-15-11/h4-8H2,1-3H3,(H,12,13). The lowest BCUT2D eigenvalue weighted by molar-refractivity contribution is -0.140. The molecule has 1 aliphatic heterocycles. The van der Waals surface area contributed by atoms with Crippen molar-refractivity contribution in [1.29, 1.82) is 0 Å². The Morgan fingerprint density at radius 1 is 1.60 bits per heavy atom. The van der Waals surface area contributed by atoms with Crippen molar-refractivity contribution in [3.8, 4) is 0 Å². The summed E-state index contributed by atoms with van der Waals surface area (Å²) < 4.78 is 4.77. The Labute approximate surface area is 95.6 Å². The van der Waals surface area contributed by atoms with E-state index in [1.807, 2.05) is 13.8 Å². The van der Waals surface area contributed by atoms with Crippen LogP contribution in [-0.4, -0.2) is 34.3 Å². The Kier molecular flexibility index (Phi) is 4.06. The highest BCUT2D eigenvalue weighted by atomic mass is 32.2. The van der Waals surface area contributed by atoms with Gasteiger partial charge in [-0.1, -0.05) is 0 Å². The molecule has 0 bridgehead atoms. The molecule has 1 atom stereocenters. The molecule has 1 rings (SSSR count). The molecule has 0 spiro atoms. The normalized spacial score (nSPS) is 26.9. The number of hydrogen-bond donors (Lipinski definition) is 1. The molecule has 1 unspecified atom stereocenters. The molecule has 0 aromatic carbocycles. The lowest BCUT2D eigenvalue weighted by Gasteiger charge is -2.29. The first-order valence-electron chi connectivity index (χ1n) is 5.34. The van der Waals surface area contributed by atoms with Crippen molar-refractivity contribution in [2.24, 2.45) is 0 Å². The first-order chi connectivity index (χ1) is 6.92. The van der Waals surface area contributed by atoms with Gasteiger partial charge in [-0.25, -0.2) is 0 Å². The third-order valence-electron chi connectivity index (χ3n) is 3.18. The topological polar surface area (TPSA) is 46.5 Å². The average Bonchev–Trinajstić information content (AvgIpc) is 2.65. The molecule has 4 heteroatoms. The Morgan fingerprint density at radius 2 is 2.27 bits per heavy atom. The van der Waals surface area contributed by atoms with E-state index in [0.29, 0.717) is 6.42 Å². The van der Waals surface area contributed by atoms with Crippen LogP contribution >= 0.6 is 11.8 Å². The van der Waals surface area contributed by atoms with Gasteiger partial charge in [0.2, 0.25) is 0 Å². The maximum absolute atomic E-state index is 11.3. The van der Waals surface area contributed by atoms with Gasteiger partial charge in [-0.2, -0.15) is 0 Å². The second-order valence-electron chi connectivity index (χ2n) is 4.72. The fourth-order valence-corrected chi connectivity index (χ4v) is 3.11. The highest BCUT2D eigenvalue weighted by Crippen LogP contribution is 2.43. The number of hydrogen-bond acceptors (Lipinski definition) is 3. The molecule has 1 saturated heterocycles. The lowest BCUT2D eigenvalue weighted by atomic mass is 9.91. The van der Waals surface area contributed by atoms with Gasteiger partial charge < -0.3 is 9.84 Å². The van der Waals surface area contributed by atoms with Crippen molar-refractivity contribution in [2.75, 3.05) is 12.9 Å². The van der Waals surface area contributed by atoms with Gasteiger partial charge in [0.05, 0.1) is 5.60 Å². The summed E-state index contributed by atoms with van der Waals surface area (Å²) in [5.74, 6) is 0.316. The second kappa shape index (κ2) is 4.74. The summed E-state index contributed by atoms with van der Waals surface area (Å²) in [5, 5.41) is 9.27. The summed E-state index contributed by atoms with van der Waals surface area (Å²) in [6.07, 6.45) is 3.31. The zero-order valence-corrected chi connectivity index (χ0v) is 10.5. The molecule has 0 radical (unpaired) electrons. The Hall–Kier alpha value is -0.220. The van der Waals surface area contributed by atoms with Crippen molar-refractivity contribution < 1.29 is 14.6 Å². The maximum atomic E-state index is 11.3. The summed E-state index contributed by atoms with van der Waals surface area (Å²) in [6.45, 7) is 4.00. The predicted molar refractivity (Wildman–Crippen MR) is 62.4 cm³/mol. The molecule has 1 fully saturated rings. The van der Waals surface area contributed by atoms with Gasteiger partial charge in [0.1, 0.15) is 4.75 Å². The zero-order valence-electron chi connectivity index (χ0n) is 9.71. The molecular formula is C11H20O3S. The zero-order chi connectivity index (χ0) is 11.5. The van der Waals surface area contributed by atoms with Gasteiger partial charge in [0.15, 0.2) is 0 Å². The van der Waals surface area contributed by atoms with Crippen LogP contribution in [-0.2, 0) is 9.53 Å². The van der Waals surface area contributed by atoms with E-state index in [1.54, 1.807) is 18.9 Å². The van der Waals surface area contributed by atoms with E-state index in [2.05, 4.69) is 0 Å². The van der Waals surface area contributed by atoms with Crippen molar-refractivity contribution in [3.05, 3.63) is 0 Å². The Morgan fingerprint density at radius 3 is 2.67 bits per heavy atom. The summed E-state index contributed by atoms with van der Waals surface area (Å²) >= 11 is 1.59. The van der Waals surface area contributed by atoms with Gasteiger partial charge in [0, 0.05) is 7.11 Å². The number of carboxylic acid groups (broad SMARTS) is 1. The minimum Gasteiger partial charge on any atom is -0.480 e. The Bertz CT molecular complexity index is 232. The van der Waals surface area contributed by atoms with Crippen molar-refractivity contribution in [2.45, 2.75) is 49.9 Å².